The summed E-state index contributed by atoms with van der Waals surface area (Å²) in [7, 11) is 1.82. The fourth-order valence-electron chi connectivity index (χ4n) is 0.667. The molecule has 5 heteroatoms. The molecule has 0 radical (unpaired) electrons. The largest absolute Gasteiger partial charge is 0.276 e. The number of aryl methyl sites for hydroxylation is 1. The number of hydrogen-bond acceptors (Lipinski definition) is 2. The van der Waals surface area contributed by atoms with Crippen LogP contribution in [0, 0.1) is 0 Å². The molecule has 0 unspecified atom stereocenters. The minimum atomic E-state index is 0.379. The minimum absolute atomic E-state index is 0.379. The Kier molecular flexibility index (Phi) is 1.92. The number of aromatic nitrogens is 2. The maximum absolute atomic E-state index is 7.97. The molecule has 0 aliphatic carbocycles. The van der Waals surface area contributed by atoms with Crippen LogP contribution in [0.1, 0.15) is 5.56 Å². The van der Waals surface area contributed by atoms with Crippen molar-refractivity contribution in [3.8, 4) is 0 Å². The summed E-state index contributed by atoms with van der Waals surface area (Å²) < 4.78 is 1.67. The van der Waals surface area contributed by atoms with E-state index in [0.29, 0.717) is 6.54 Å². The van der Waals surface area contributed by atoms with Crippen LogP contribution in [-0.2, 0) is 13.6 Å². The molecule has 0 saturated heterocycles. The van der Waals surface area contributed by atoms with E-state index in [4.69, 9.17) is 5.53 Å². The van der Waals surface area contributed by atoms with Crippen molar-refractivity contribution < 1.29 is 0 Å². The van der Waals surface area contributed by atoms with Crippen LogP contribution in [0.4, 0.5) is 0 Å². The third-order valence-corrected chi connectivity index (χ3v) is 1.07. The van der Waals surface area contributed by atoms with E-state index in [1.54, 1.807) is 10.9 Å². The lowest BCUT2D eigenvalue weighted by atomic mass is 10.4. The van der Waals surface area contributed by atoms with Gasteiger partial charge in [0.2, 0.25) is 0 Å². The lowest BCUT2D eigenvalue weighted by Crippen LogP contribution is -1.84. The van der Waals surface area contributed by atoms with Crippen LogP contribution in [0.5, 0.6) is 0 Å². The van der Waals surface area contributed by atoms with Gasteiger partial charge in [-0.15, -0.1) is 0 Å². The third-order valence-electron chi connectivity index (χ3n) is 1.07. The summed E-state index contributed by atoms with van der Waals surface area (Å²) in [5, 5.41) is 7.29. The molecule has 0 amide bonds. The predicted molar refractivity (Wildman–Crippen MR) is 36.1 cm³/mol. The van der Waals surface area contributed by atoms with E-state index in [0.717, 1.165) is 5.56 Å². The lowest BCUT2D eigenvalue weighted by molar-refractivity contribution is 0.767. The molecule has 10 heavy (non-hydrogen) atoms. The average Bonchev–Trinajstić information content (AvgIpc) is 2.31. The summed E-state index contributed by atoms with van der Waals surface area (Å²) in [6, 6.07) is 0. The Morgan fingerprint density at radius 1 is 1.90 bits per heavy atom. The van der Waals surface area contributed by atoms with Gasteiger partial charge in [-0.25, -0.2) is 0 Å². The first-order valence-electron chi connectivity index (χ1n) is 2.81. The second-order valence-electron chi connectivity index (χ2n) is 1.91. The SMILES string of the molecule is Cn1cc(CN=[N+]=[N-])cn1. The molecule has 0 aliphatic heterocycles. The molecule has 0 aliphatic rings. The van der Waals surface area contributed by atoms with Crippen molar-refractivity contribution in [2.75, 3.05) is 0 Å². The van der Waals surface area contributed by atoms with Gasteiger partial charge in [-0.2, -0.15) is 5.10 Å². The smallest absolute Gasteiger partial charge is 0.0541 e. The highest BCUT2D eigenvalue weighted by atomic mass is 15.2. The van der Waals surface area contributed by atoms with E-state index in [2.05, 4.69) is 15.1 Å². The van der Waals surface area contributed by atoms with Crippen LogP contribution in [0.25, 0.3) is 10.4 Å². The standard InChI is InChI=1S/C5H7N5/c1-10-4-5(3-8-10)2-7-9-6/h3-4H,2H2,1H3. The molecule has 0 atom stereocenters. The Morgan fingerprint density at radius 3 is 3.20 bits per heavy atom. The van der Waals surface area contributed by atoms with Crippen molar-refractivity contribution in [2.24, 2.45) is 12.2 Å². The summed E-state index contributed by atoms with van der Waals surface area (Å²) in [6.45, 7) is 0.379. The van der Waals surface area contributed by atoms with Gasteiger partial charge in [0.05, 0.1) is 12.7 Å². The molecule has 1 aromatic heterocycles. The van der Waals surface area contributed by atoms with E-state index in [9.17, 15) is 0 Å². The van der Waals surface area contributed by atoms with Crippen molar-refractivity contribution in [2.45, 2.75) is 6.54 Å². The van der Waals surface area contributed by atoms with Crippen molar-refractivity contribution >= 4 is 0 Å². The molecule has 0 bridgehead atoms. The molecule has 1 aromatic rings. The number of azide groups is 1. The van der Waals surface area contributed by atoms with Gasteiger partial charge in [-0.1, -0.05) is 5.11 Å². The second kappa shape index (κ2) is 2.89. The zero-order chi connectivity index (χ0) is 7.40. The highest BCUT2D eigenvalue weighted by Gasteiger charge is 1.90. The highest BCUT2D eigenvalue weighted by Crippen LogP contribution is 1.97. The third kappa shape index (κ3) is 1.50. The first-order chi connectivity index (χ1) is 4.83. The Morgan fingerprint density at radius 2 is 2.70 bits per heavy atom. The quantitative estimate of drug-likeness (QED) is 0.343. The maximum atomic E-state index is 7.97. The van der Waals surface area contributed by atoms with E-state index in [1.165, 1.54) is 0 Å². The molecule has 0 N–H and O–H groups in total. The Balaban J connectivity index is 2.66. The summed E-state index contributed by atoms with van der Waals surface area (Å²) in [5.41, 5.74) is 8.90. The molecule has 0 spiro atoms. The van der Waals surface area contributed by atoms with Crippen molar-refractivity contribution in [1.82, 2.24) is 9.78 Å². The Hall–Kier alpha value is -1.48. The lowest BCUT2D eigenvalue weighted by Gasteiger charge is -1.82. The van der Waals surface area contributed by atoms with E-state index in [-0.39, 0.29) is 0 Å². The predicted octanol–water partition coefficient (Wildman–Crippen LogP) is 1.23. The van der Waals surface area contributed by atoms with Gasteiger partial charge in [-0.05, 0) is 11.1 Å². The van der Waals surface area contributed by atoms with Crippen molar-refractivity contribution in [3.63, 3.8) is 0 Å². The molecular formula is C5H7N5. The van der Waals surface area contributed by atoms with Crippen LogP contribution >= 0.6 is 0 Å². The minimum Gasteiger partial charge on any atom is -0.276 e. The van der Waals surface area contributed by atoms with Gasteiger partial charge in [0.1, 0.15) is 0 Å². The summed E-state index contributed by atoms with van der Waals surface area (Å²) in [5.74, 6) is 0. The molecule has 5 nitrogen and oxygen atoms in total. The maximum Gasteiger partial charge on any atom is 0.0541 e. The molecule has 52 valence electrons. The van der Waals surface area contributed by atoms with Gasteiger partial charge >= 0.3 is 0 Å². The van der Waals surface area contributed by atoms with E-state index >= 15 is 0 Å². The van der Waals surface area contributed by atoms with Crippen molar-refractivity contribution in [1.29, 1.82) is 0 Å². The fraction of sp³-hybridized carbons (Fsp3) is 0.400. The van der Waals surface area contributed by atoms with Gasteiger partial charge in [0, 0.05) is 18.2 Å². The molecular weight excluding hydrogens is 130 g/mol. The average molecular weight is 137 g/mol. The highest BCUT2D eigenvalue weighted by molar-refractivity contribution is 5.02. The van der Waals surface area contributed by atoms with Crippen LogP contribution in [-0.4, -0.2) is 9.78 Å². The van der Waals surface area contributed by atoms with E-state index in [1.807, 2.05) is 13.2 Å². The molecule has 0 saturated carbocycles. The summed E-state index contributed by atoms with van der Waals surface area (Å²) in [6.07, 6.45) is 3.49. The van der Waals surface area contributed by atoms with Crippen LogP contribution in [0.3, 0.4) is 0 Å². The van der Waals surface area contributed by atoms with Gasteiger partial charge in [0.15, 0.2) is 0 Å². The summed E-state index contributed by atoms with van der Waals surface area (Å²) >= 11 is 0. The van der Waals surface area contributed by atoms with E-state index < -0.39 is 0 Å². The number of rotatable bonds is 2. The molecule has 1 rings (SSSR count). The van der Waals surface area contributed by atoms with Crippen molar-refractivity contribution in [3.05, 3.63) is 28.4 Å². The normalized spacial score (nSPS) is 8.90. The molecule has 0 fully saturated rings. The van der Waals surface area contributed by atoms with Gasteiger partial charge < -0.3 is 0 Å². The summed E-state index contributed by atoms with van der Waals surface area (Å²) in [4.78, 5) is 2.63. The van der Waals surface area contributed by atoms with Crippen LogP contribution < -0.4 is 0 Å². The molecule has 0 aromatic carbocycles. The number of hydrogen-bond donors (Lipinski definition) is 0. The first-order valence-corrected chi connectivity index (χ1v) is 2.81. The topological polar surface area (TPSA) is 66.6 Å². The zero-order valence-electron chi connectivity index (χ0n) is 5.60. The Bertz CT molecular complexity index is 257. The fourth-order valence-corrected chi connectivity index (χ4v) is 0.667. The number of nitrogens with zero attached hydrogens (tertiary/aromatic N) is 5. The first kappa shape index (κ1) is 6.64. The second-order valence-corrected chi connectivity index (χ2v) is 1.91. The Labute approximate surface area is 57.9 Å². The monoisotopic (exact) mass is 137 g/mol. The van der Waals surface area contributed by atoms with Gasteiger partial charge in [0.25, 0.3) is 0 Å². The van der Waals surface area contributed by atoms with Crippen LogP contribution in [0.2, 0.25) is 0 Å². The van der Waals surface area contributed by atoms with Gasteiger partial charge in [-0.3, -0.25) is 4.68 Å². The zero-order valence-corrected chi connectivity index (χ0v) is 5.60. The van der Waals surface area contributed by atoms with Crippen LogP contribution in [0.15, 0.2) is 17.5 Å². The molecule has 1 heterocycles.